The molecule has 0 spiro atoms. The highest BCUT2D eigenvalue weighted by molar-refractivity contribution is 7.91. The lowest BCUT2D eigenvalue weighted by atomic mass is 10.4. The Balaban J connectivity index is 3.51. The fraction of sp³-hybridized carbons (Fsp3) is 0.583. The molecule has 0 aliphatic heterocycles. The van der Waals surface area contributed by atoms with Crippen LogP contribution in [0.2, 0.25) is 0 Å². The van der Waals surface area contributed by atoms with Gasteiger partial charge in [0.05, 0.1) is 12.3 Å². The molecule has 2 N–H and O–H groups in total. The van der Waals surface area contributed by atoms with E-state index >= 15 is 0 Å². The lowest BCUT2D eigenvalue weighted by molar-refractivity contribution is 0.0533. The second-order valence-corrected chi connectivity index (χ2v) is 7.10. The quantitative estimate of drug-likeness (QED) is 0.803. The standard InChI is InChI=1S/C12H20N2O4S2/c1-5-14(6-2)11-10(20(4,16)17)8(13)9(19-11)12(15)18-7-3/h5-7,13H2,1-4H3. The smallest absolute Gasteiger partial charge is 0.350 e. The first-order chi connectivity index (χ1) is 9.27. The molecule has 0 bridgehead atoms. The van der Waals surface area contributed by atoms with Crippen LogP contribution in [0.15, 0.2) is 4.90 Å². The largest absolute Gasteiger partial charge is 0.462 e. The van der Waals surface area contributed by atoms with Crippen LogP contribution in [0.3, 0.4) is 0 Å². The van der Waals surface area contributed by atoms with Gasteiger partial charge in [-0.1, -0.05) is 0 Å². The zero-order valence-corrected chi connectivity index (χ0v) is 13.7. The molecular formula is C12H20N2O4S2. The van der Waals surface area contributed by atoms with E-state index in [1.165, 1.54) is 0 Å². The van der Waals surface area contributed by atoms with Crippen LogP contribution in [0.25, 0.3) is 0 Å². The maximum Gasteiger partial charge on any atom is 0.350 e. The third-order valence-corrected chi connectivity index (χ3v) is 5.29. The van der Waals surface area contributed by atoms with Crippen molar-refractivity contribution >= 4 is 37.8 Å². The number of esters is 1. The van der Waals surface area contributed by atoms with Crippen LogP contribution in [0, 0.1) is 0 Å². The van der Waals surface area contributed by atoms with E-state index < -0.39 is 15.8 Å². The maximum atomic E-state index is 12.0. The minimum absolute atomic E-state index is 0.0159. The Kier molecular flexibility index (Phi) is 5.41. The second-order valence-electron chi connectivity index (χ2n) is 4.14. The van der Waals surface area contributed by atoms with E-state index in [0.717, 1.165) is 17.6 Å². The summed E-state index contributed by atoms with van der Waals surface area (Å²) in [5, 5.41) is 0.498. The average Bonchev–Trinajstić information content (AvgIpc) is 2.68. The van der Waals surface area contributed by atoms with E-state index in [1.54, 1.807) is 6.92 Å². The summed E-state index contributed by atoms with van der Waals surface area (Å²) in [6, 6.07) is 0. The molecule has 1 aromatic rings. The highest BCUT2D eigenvalue weighted by atomic mass is 32.2. The fourth-order valence-corrected chi connectivity index (χ4v) is 4.57. The first-order valence-corrected chi connectivity index (χ1v) is 9.02. The molecule has 0 saturated carbocycles. The number of anilines is 2. The summed E-state index contributed by atoms with van der Waals surface area (Å²) in [6.45, 7) is 6.98. The molecule has 0 saturated heterocycles. The molecule has 1 heterocycles. The van der Waals surface area contributed by atoms with Gasteiger partial charge in [0, 0.05) is 19.3 Å². The Hall–Kier alpha value is -1.28. The van der Waals surface area contributed by atoms with Gasteiger partial charge in [-0.2, -0.15) is 0 Å². The van der Waals surface area contributed by atoms with Crippen molar-refractivity contribution < 1.29 is 17.9 Å². The van der Waals surface area contributed by atoms with Crippen molar-refractivity contribution in [3.05, 3.63) is 4.88 Å². The zero-order chi connectivity index (χ0) is 15.5. The monoisotopic (exact) mass is 320 g/mol. The predicted octanol–water partition coefficient (Wildman–Crippen LogP) is 1.76. The molecule has 1 aromatic heterocycles. The summed E-state index contributed by atoms with van der Waals surface area (Å²) >= 11 is 1.07. The van der Waals surface area contributed by atoms with Crippen molar-refractivity contribution in [1.29, 1.82) is 0 Å². The van der Waals surface area contributed by atoms with Gasteiger partial charge in [0.15, 0.2) is 9.84 Å². The number of sulfone groups is 1. The zero-order valence-electron chi connectivity index (χ0n) is 12.1. The Morgan fingerprint density at radius 1 is 1.30 bits per heavy atom. The second kappa shape index (κ2) is 6.45. The van der Waals surface area contributed by atoms with Crippen LogP contribution in [0.1, 0.15) is 30.4 Å². The fourth-order valence-electron chi connectivity index (χ4n) is 1.84. The SMILES string of the molecule is CCOC(=O)c1sc(N(CC)CC)c(S(C)(=O)=O)c1N. The van der Waals surface area contributed by atoms with Gasteiger partial charge in [0.25, 0.3) is 0 Å². The van der Waals surface area contributed by atoms with E-state index in [9.17, 15) is 13.2 Å². The number of ether oxygens (including phenoxy) is 1. The van der Waals surface area contributed by atoms with Crippen molar-refractivity contribution in [2.24, 2.45) is 0 Å². The number of rotatable bonds is 6. The minimum atomic E-state index is -3.52. The summed E-state index contributed by atoms with van der Waals surface area (Å²) in [7, 11) is -3.52. The molecule has 1 rings (SSSR count). The van der Waals surface area contributed by atoms with Gasteiger partial charge in [0.2, 0.25) is 0 Å². The van der Waals surface area contributed by atoms with Crippen molar-refractivity contribution in [2.75, 3.05) is 36.6 Å². The van der Waals surface area contributed by atoms with E-state index in [1.807, 2.05) is 18.7 Å². The van der Waals surface area contributed by atoms with Gasteiger partial charge in [-0.15, -0.1) is 11.3 Å². The third kappa shape index (κ3) is 3.24. The average molecular weight is 320 g/mol. The van der Waals surface area contributed by atoms with Crippen LogP contribution in [0.5, 0.6) is 0 Å². The molecule has 0 aromatic carbocycles. The normalized spacial score (nSPS) is 11.4. The van der Waals surface area contributed by atoms with Crippen molar-refractivity contribution in [3.8, 4) is 0 Å². The lowest BCUT2D eigenvalue weighted by Gasteiger charge is -2.20. The minimum Gasteiger partial charge on any atom is -0.462 e. The Morgan fingerprint density at radius 2 is 1.85 bits per heavy atom. The van der Waals surface area contributed by atoms with Gasteiger partial charge in [-0.05, 0) is 20.8 Å². The molecule has 0 aliphatic carbocycles. The molecule has 0 radical (unpaired) electrons. The molecule has 114 valence electrons. The van der Waals surface area contributed by atoms with E-state index in [-0.39, 0.29) is 22.1 Å². The van der Waals surface area contributed by atoms with Crippen LogP contribution < -0.4 is 10.6 Å². The number of nitrogen functional groups attached to an aromatic ring is 1. The first-order valence-electron chi connectivity index (χ1n) is 6.32. The Bertz CT molecular complexity index is 589. The molecule has 0 amide bonds. The van der Waals surface area contributed by atoms with Crippen LogP contribution in [0.4, 0.5) is 10.7 Å². The molecule has 6 nitrogen and oxygen atoms in total. The number of hydrogen-bond donors (Lipinski definition) is 1. The summed E-state index contributed by atoms with van der Waals surface area (Å²) in [5.41, 5.74) is 5.86. The molecule has 0 fully saturated rings. The van der Waals surface area contributed by atoms with Crippen molar-refractivity contribution in [1.82, 2.24) is 0 Å². The molecule has 20 heavy (non-hydrogen) atoms. The van der Waals surface area contributed by atoms with Gasteiger partial charge in [-0.3, -0.25) is 0 Å². The first kappa shape index (κ1) is 16.8. The van der Waals surface area contributed by atoms with Crippen LogP contribution in [-0.2, 0) is 14.6 Å². The van der Waals surface area contributed by atoms with E-state index in [0.29, 0.717) is 18.1 Å². The highest BCUT2D eigenvalue weighted by Gasteiger charge is 2.29. The predicted molar refractivity (Wildman–Crippen MR) is 81.4 cm³/mol. The van der Waals surface area contributed by atoms with Crippen LogP contribution >= 0.6 is 11.3 Å². The number of carbonyl (C=O) groups excluding carboxylic acids is 1. The number of hydrogen-bond acceptors (Lipinski definition) is 7. The third-order valence-electron chi connectivity index (χ3n) is 2.76. The molecule has 0 atom stereocenters. The van der Waals surface area contributed by atoms with Crippen molar-refractivity contribution in [3.63, 3.8) is 0 Å². The number of thiophene rings is 1. The number of carbonyl (C=O) groups is 1. The maximum absolute atomic E-state index is 12.0. The van der Waals surface area contributed by atoms with Crippen LogP contribution in [-0.4, -0.2) is 40.3 Å². The summed E-state index contributed by atoms with van der Waals surface area (Å²) in [6.07, 6.45) is 1.09. The van der Waals surface area contributed by atoms with E-state index in [2.05, 4.69) is 0 Å². The molecule has 0 unspecified atom stereocenters. The highest BCUT2D eigenvalue weighted by Crippen LogP contribution is 2.41. The summed E-state index contributed by atoms with van der Waals surface area (Å²) < 4.78 is 28.8. The Morgan fingerprint density at radius 3 is 2.25 bits per heavy atom. The topological polar surface area (TPSA) is 89.7 Å². The molecular weight excluding hydrogens is 300 g/mol. The lowest BCUT2D eigenvalue weighted by Crippen LogP contribution is -2.22. The van der Waals surface area contributed by atoms with Gasteiger partial charge in [-0.25, -0.2) is 13.2 Å². The van der Waals surface area contributed by atoms with E-state index in [4.69, 9.17) is 10.5 Å². The molecule has 0 aliphatic rings. The summed E-state index contributed by atoms with van der Waals surface area (Å²) in [5.74, 6) is -0.585. The number of nitrogens with two attached hydrogens (primary N) is 1. The van der Waals surface area contributed by atoms with Gasteiger partial charge < -0.3 is 15.4 Å². The van der Waals surface area contributed by atoms with Gasteiger partial charge >= 0.3 is 5.97 Å². The number of nitrogens with zero attached hydrogens (tertiary/aromatic N) is 1. The Labute approximate surface area is 123 Å². The van der Waals surface area contributed by atoms with Gasteiger partial charge in [0.1, 0.15) is 14.8 Å². The summed E-state index contributed by atoms with van der Waals surface area (Å²) in [4.78, 5) is 13.9. The van der Waals surface area contributed by atoms with Crippen molar-refractivity contribution in [2.45, 2.75) is 25.7 Å². The molecule has 8 heteroatoms.